The van der Waals surface area contributed by atoms with Crippen LogP contribution in [0.15, 0.2) is 54.6 Å². The van der Waals surface area contributed by atoms with Gasteiger partial charge in [0.25, 0.3) is 5.91 Å². The molecule has 3 aromatic rings. The Hall–Kier alpha value is -3.68. The van der Waals surface area contributed by atoms with Gasteiger partial charge in [0.2, 0.25) is 0 Å². The molecule has 2 aromatic carbocycles. The molecule has 160 valence electrons. The number of nitrogens with one attached hydrogen (secondary N) is 1. The van der Waals surface area contributed by atoms with E-state index in [2.05, 4.69) is 15.2 Å². The molecular weight excluding hydrogens is 396 g/mol. The van der Waals surface area contributed by atoms with Crippen LogP contribution in [0.3, 0.4) is 0 Å². The van der Waals surface area contributed by atoms with Crippen LogP contribution in [0.1, 0.15) is 41.5 Å². The Balaban J connectivity index is 1.49. The predicted molar refractivity (Wildman–Crippen MR) is 113 cm³/mol. The second-order valence-corrected chi connectivity index (χ2v) is 7.32. The lowest BCUT2D eigenvalue weighted by molar-refractivity contribution is -0.137. The first-order valence-corrected chi connectivity index (χ1v) is 10.2. The summed E-state index contributed by atoms with van der Waals surface area (Å²) < 4.78 is 10.4. The fourth-order valence-electron chi connectivity index (χ4n) is 3.71. The maximum Gasteiger partial charge on any atom is 0.337 e. The summed E-state index contributed by atoms with van der Waals surface area (Å²) >= 11 is 0. The number of aromatic nitrogens is 3. The van der Waals surface area contributed by atoms with Gasteiger partial charge in [-0.15, -0.1) is 0 Å². The van der Waals surface area contributed by atoms with Crippen LogP contribution in [0, 0.1) is 0 Å². The molecule has 1 unspecified atom stereocenters. The molecule has 4 rings (SSSR count). The van der Waals surface area contributed by atoms with Crippen molar-refractivity contribution >= 4 is 11.9 Å². The van der Waals surface area contributed by atoms with Gasteiger partial charge in [-0.2, -0.15) is 5.10 Å². The number of methoxy groups -OCH3 is 1. The van der Waals surface area contributed by atoms with Crippen molar-refractivity contribution in [3.8, 4) is 17.1 Å². The van der Waals surface area contributed by atoms with E-state index < -0.39 is 5.97 Å². The van der Waals surface area contributed by atoms with E-state index in [-0.39, 0.29) is 18.6 Å². The Kier molecular flexibility index (Phi) is 6.26. The number of benzene rings is 2. The first-order chi connectivity index (χ1) is 15.2. The molecule has 0 spiro atoms. The molecule has 1 amide bonds. The van der Waals surface area contributed by atoms with Crippen LogP contribution in [0.2, 0.25) is 0 Å². The zero-order valence-electron chi connectivity index (χ0n) is 17.3. The summed E-state index contributed by atoms with van der Waals surface area (Å²) in [6.45, 7) is 0.623. The van der Waals surface area contributed by atoms with Crippen molar-refractivity contribution in [1.82, 2.24) is 20.1 Å². The van der Waals surface area contributed by atoms with Gasteiger partial charge >= 0.3 is 5.97 Å². The number of piperidine rings is 1. The molecule has 8 nitrogen and oxygen atoms in total. The Morgan fingerprint density at radius 2 is 1.97 bits per heavy atom. The third kappa shape index (κ3) is 4.74. The second-order valence-electron chi connectivity index (χ2n) is 7.32. The van der Waals surface area contributed by atoms with Crippen LogP contribution >= 0.6 is 0 Å². The number of rotatable bonds is 6. The van der Waals surface area contributed by atoms with Crippen molar-refractivity contribution in [2.45, 2.75) is 25.3 Å². The highest BCUT2D eigenvalue weighted by molar-refractivity contribution is 5.90. The largest absolute Gasteiger partial charge is 0.484 e. The average molecular weight is 420 g/mol. The van der Waals surface area contributed by atoms with E-state index in [1.807, 2.05) is 41.3 Å². The minimum absolute atomic E-state index is 0.0251. The van der Waals surface area contributed by atoms with Gasteiger partial charge in [0.1, 0.15) is 11.6 Å². The first-order valence-electron chi connectivity index (χ1n) is 10.2. The number of esters is 1. The van der Waals surface area contributed by atoms with Crippen molar-refractivity contribution in [1.29, 1.82) is 0 Å². The van der Waals surface area contributed by atoms with E-state index in [4.69, 9.17) is 9.47 Å². The number of carbonyl (C=O) groups is 2. The van der Waals surface area contributed by atoms with Gasteiger partial charge in [0.05, 0.1) is 18.7 Å². The summed E-state index contributed by atoms with van der Waals surface area (Å²) in [7, 11) is 1.34. The smallest absolute Gasteiger partial charge is 0.337 e. The topological polar surface area (TPSA) is 97.4 Å². The van der Waals surface area contributed by atoms with Gasteiger partial charge < -0.3 is 14.4 Å². The van der Waals surface area contributed by atoms with Crippen molar-refractivity contribution in [3.05, 3.63) is 66.0 Å². The maximum absolute atomic E-state index is 12.9. The third-order valence-electron chi connectivity index (χ3n) is 5.29. The van der Waals surface area contributed by atoms with Crippen LogP contribution in [0.25, 0.3) is 11.4 Å². The van der Waals surface area contributed by atoms with Crippen molar-refractivity contribution in [3.63, 3.8) is 0 Å². The fraction of sp³-hybridized carbons (Fsp3) is 0.304. The summed E-state index contributed by atoms with van der Waals surface area (Å²) in [6.07, 6.45) is 2.74. The number of ether oxygens (including phenoxy) is 2. The molecule has 1 atom stereocenters. The third-order valence-corrected chi connectivity index (χ3v) is 5.29. The highest BCUT2D eigenvalue weighted by Crippen LogP contribution is 2.30. The van der Waals surface area contributed by atoms with E-state index >= 15 is 0 Å². The van der Waals surface area contributed by atoms with Gasteiger partial charge in [-0.05, 0) is 43.5 Å². The number of hydrogen-bond acceptors (Lipinski definition) is 6. The first kappa shape index (κ1) is 20.6. The molecule has 1 aromatic heterocycles. The van der Waals surface area contributed by atoms with E-state index in [1.54, 1.807) is 18.2 Å². The maximum atomic E-state index is 12.9. The second kappa shape index (κ2) is 9.42. The zero-order chi connectivity index (χ0) is 21.6. The van der Waals surface area contributed by atoms with E-state index in [9.17, 15) is 9.59 Å². The van der Waals surface area contributed by atoms with Crippen molar-refractivity contribution in [2.75, 3.05) is 20.3 Å². The number of carbonyl (C=O) groups excluding carboxylic acids is 2. The zero-order valence-corrected chi connectivity index (χ0v) is 17.3. The number of likely N-dealkylation sites (tertiary alicyclic amines) is 1. The number of amides is 1. The lowest BCUT2D eigenvalue weighted by atomic mass is 10.0. The van der Waals surface area contributed by atoms with Gasteiger partial charge in [-0.3, -0.25) is 9.89 Å². The van der Waals surface area contributed by atoms with E-state index in [1.165, 1.54) is 7.11 Å². The van der Waals surface area contributed by atoms with Gasteiger partial charge in [-0.1, -0.05) is 30.3 Å². The number of aromatic amines is 1. The molecule has 1 fully saturated rings. The lowest BCUT2D eigenvalue weighted by Crippen LogP contribution is -2.41. The number of nitrogens with zero attached hydrogens (tertiary/aromatic N) is 3. The molecule has 31 heavy (non-hydrogen) atoms. The molecule has 8 heteroatoms. The standard InChI is InChI=1S/C23H24N4O4/c1-30-23(29)17-9-7-8-16(14-17)21-24-22(26-25-21)19-12-5-6-13-27(19)20(28)15-31-18-10-3-2-4-11-18/h2-4,7-11,14,19H,5-6,12-13,15H2,1H3,(H,24,25,26). The highest BCUT2D eigenvalue weighted by Gasteiger charge is 2.30. The van der Waals surface area contributed by atoms with E-state index in [0.29, 0.717) is 35.1 Å². The summed E-state index contributed by atoms with van der Waals surface area (Å²) in [5, 5.41) is 7.30. The van der Waals surface area contributed by atoms with Crippen molar-refractivity contribution < 1.29 is 19.1 Å². The van der Waals surface area contributed by atoms with Crippen LogP contribution in [-0.4, -0.2) is 52.2 Å². The Morgan fingerprint density at radius 1 is 1.13 bits per heavy atom. The predicted octanol–water partition coefficient (Wildman–Crippen LogP) is 3.39. The summed E-state index contributed by atoms with van der Waals surface area (Å²) in [5.74, 6) is 1.27. The minimum atomic E-state index is -0.417. The number of hydrogen-bond donors (Lipinski definition) is 1. The van der Waals surface area contributed by atoms with Gasteiger partial charge in [0.15, 0.2) is 12.4 Å². The Morgan fingerprint density at radius 3 is 2.77 bits per heavy atom. The van der Waals surface area contributed by atoms with Crippen LogP contribution in [0.4, 0.5) is 0 Å². The lowest BCUT2D eigenvalue weighted by Gasteiger charge is -2.34. The monoisotopic (exact) mass is 420 g/mol. The summed E-state index contributed by atoms with van der Waals surface area (Å²) in [4.78, 5) is 31.1. The summed E-state index contributed by atoms with van der Waals surface area (Å²) in [5.41, 5.74) is 1.13. The molecule has 1 aliphatic rings. The summed E-state index contributed by atoms with van der Waals surface area (Å²) in [6, 6.07) is 16.1. The molecule has 0 radical (unpaired) electrons. The van der Waals surface area contributed by atoms with Crippen LogP contribution in [-0.2, 0) is 9.53 Å². The average Bonchev–Trinajstić information content (AvgIpc) is 3.33. The minimum Gasteiger partial charge on any atom is -0.484 e. The molecule has 1 saturated heterocycles. The fourth-order valence-corrected chi connectivity index (χ4v) is 3.71. The SMILES string of the molecule is COC(=O)c1cccc(-c2n[nH]c(C3CCCCN3C(=O)COc3ccccc3)n2)c1. The molecule has 1 N–H and O–H groups in total. The normalized spacial score (nSPS) is 16.0. The number of para-hydroxylation sites is 1. The molecule has 2 heterocycles. The molecular formula is C23H24N4O4. The Labute approximate surface area is 180 Å². The molecule has 0 saturated carbocycles. The van der Waals surface area contributed by atoms with Gasteiger partial charge in [0, 0.05) is 12.1 Å². The number of H-pyrrole nitrogens is 1. The van der Waals surface area contributed by atoms with E-state index in [0.717, 1.165) is 19.3 Å². The van der Waals surface area contributed by atoms with Gasteiger partial charge in [-0.25, -0.2) is 9.78 Å². The van der Waals surface area contributed by atoms with Crippen LogP contribution in [0.5, 0.6) is 5.75 Å². The molecule has 0 bridgehead atoms. The molecule has 1 aliphatic heterocycles. The highest BCUT2D eigenvalue weighted by atomic mass is 16.5. The van der Waals surface area contributed by atoms with Crippen molar-refractivity contribution in [2.24, 2.45) is 0 Å². The quantitative estimate of drug-likeness (QED) is 0.614. The van der Waals surface area contributed by atoms with Crippen LogP contribution < -0.4 is 4.74 Å². The molecule has 0 aliphatic carbocycles. The Bertz CT molecular complexity index is 1050.